The van der Waals surface area contributed by atoms with Gasteiger partial charge >= 0.3 is 12.1 Å². The standard InChI is InChI=1S/C21H25F3N4O3/c22-21(23,24)16-9-10-18(28-14-25-13-26-28)17(11-16)27-19(29)12-31-20(30)8-4-7-15-5-2-1-3-6-15/h9-11,13-15H,1-8,12H2,(H,27,29). The minimum Gasteiger partial charge on any atom is -0.456 e. The maximum Gasteiger partial charge on any atom is 0.416 e. The smallest absolute Gasteiger partial charge is 0.416 e. The Morgan fingerprint density at radius 3 is 2.65 bits per heavy atom. The van der Waals surface area contributed by atoms with Gasteiger partial charge in [-0.3, -0.25) is 9.59 Å². The topological polar surface area (TPSA) is 86.1 Å². The monoisotopic (exact) mass is 438 g/mol. The molecule has 0 bridgehead atoms. The SMILES string of the molecule is O=C(COC(=O)CCCC1CCCCC1)Nc1cc(C(F)(F)F)ccc1-n1cncn1. The number of hydrogen-bond donors (Lipinski definition) is 1. The first-order valence-corrected chi connectivity index (χ1v) is 10.3. The highest BCUT2D eigenvalue weighted by Crippen LogP contribution is 2.33. The summed E-state index contributed by atoms with van der Waals surface area (Å²) in [5.74, 6) is -0.575. The van der Waals surface area contributed by atoms with E-state index in [-0.39, 0.29) is 17.8 Å². The Hall–Kier alpha value is -2.91. The van der Waals surface area contributed by atoms with E-state index in [1.165, 1.54) is 55.5 Å². The van der Waals surface area contributed by atoms with E-state index in [1.807, 2.05) is 0 Å². The lowest BCUT2D eigenvalue weighted by molar-refractivity contribution is -0.147. The average Bonchev–Trinajstić information content (AvgIpc) is 3.27. The molecule has 1 amide bonds. The van der Waals surface area contributed by atoms with Crippen molar-refractivity contribution in [3.63, 3.8) is 0 Å². The van der Waals surface area contributed by atoms with Crippen LogP contribution in [0.1, 0.15) is 56.9 Å². The Morgan fingerprint density at radius 2 is 1.97 bits per heavy atom. The molecule has 1 saturated carbocycles. The first-order valence-electron chi connectivity index (χ1n) is 10.3. The number of halogens is 3. The predicted octanol–water partition coefficient (Wildman–Crippen LogP) is 4.52. The third-order valence-electron chi connectivity index (χ3n) is 5.35. The highest BCUT2D eigenvalue weighted by molar-refractivity contribution is 5.94. The van der Waals surface area contributed by atoms with Crippen LogP contribution < -0.4 is 5.32 Å². The van der Waals surface area contributed by atoms with Crippen molar-refractivity contribution in [3.8, 4) is 5.69 Å². The molecule has 1 aromatic heterocycles. The van der Waals surface area contributed by atoms with Gasteiger partial charge in [0.15, 0.2) is 6.61 Å². The number of hydrogen-bond acceptors (Lipinski definition) is 5. The van der Waals surface area contributed by atoms with Crippen LogP contribution >= 0.6 is 0 Å². The molecule has 31 heavy (non-hydrogen) atoms. The molecule has 0 radical (unpaired) electrons. The van der Waals surface area contributed by atoms with Crippen LogP contribution in [0.25, 0.3) is 5.69 Å². The lowest BCUT2D eigenvalue weighted by Crippen LogP contribution is -2.22. The summed E-state index contributed by atoms with van der Waals surface area (Å²) in [5, 5.41) is 6.25. The van der Waals surface area contributed by atoms with Crippen molar-refractivity contribution >= 4 is 17.6 Å². The van der Waals surface area contributed by atoms with Gasteiger partial charge in [-0.05, 0) is 37.0 Å². The molecule has 7 nitrogen and oxygen atoms in total. The van der Waals surface area contributed by atoms with Gasteiger partial charge < -0.3 is 10.1 Å². The van der Waals surface area contributed by atoms with Crippen LogP contribution in [-0.2, 0) is 20.5 Å². The fourth-order valence-corrected chi connectivity index (χ4v) is 3.76. The van der Waals surface area contributed by atoms with Crippen molar-refractivity contribution in [2.24, 2.45) is 5.92 Å². The number of carbonyl (C=O) groups excluding carboxylic acids is 2. The van der Waals surface area contributed by atoms with Gasteiger partial charge in [-0.25, -0.2) is 9.67 Å². The zero-order chi connectivity index (χ0) is 22.3. The average molecular weight is 438 g/mol. The van der Waals surface area contributed by atoms with E-state index in [0.29, 0.717) is 12.3 Å². The summed E-state index contributed by atoms with van der Waals surface area (Å²) in [5.41, 5.74) is -0.831. The van der Waals surface area contributed by atoms with Crippen LogP contribution in [-0.4, -0.2) is 33.2 Å². The van der Waals surface area contributed by atoms with E-state index in [0.717, 1.165) is 18.6 Å². The molecular weight excluding hydrogens is 413 g/mol. The van der Waals surface area contributed by atoms with Crippen molar-refractivity contribution in [1.29, 1.82) is 0 Å². The summed E-state index contributed by atoms with van der Waals surface area (Å²) in [4.78, 5) is 27.9. The highest BCUT2D eigenvalue weighted by atomic mass is 19.4. The fourth-order valence-electron chi connectivity index (χ4n) is 3.76. The van der Waals surface area contributed by atoms with Crippen LogP contribution in [0.15, 0.2) is 30.9 Å². The lowest BCUT2D eigenvalue weighted by Gasteiger charge is -2.20. The molecule has 3 rings (SSSR count). The Kier molecular flexibility index (Phi) is 7.64. The summed E-state index contributed by atoms with van der Waals surface area (Å²) in [6, 6.07) is 2.88. The van der Waals surface area contributed by atoms with Crippen molar-refractivity contribution in [3.05, 3.63) is 36.4 Å². The largest absolute Gasteiger partial charge is 0.456 e. The number of rotatable bonds is 8. The van der Waals surface area contributed by atoms with Gasteiger partial charge in [-0.1, -0.05) is 32.1 Å². The van der Waals surface area contributed by atoms with E-state index < -0.39 is 30.2 Å². The van der Waals surface area contributed by atoms with E-state index in [1.54, 1.807) is 0 Å². The van der Waals surface area contributed by atoms with Crippen LogP contribution in [0, 0.1) is 5.92 Å². The van der Waals surface area contributed by atoms with Crippen molar-refractivity contribution < 1.29 is 27.5 Å². The Balaban J connectivity index is 1.53. The van der Waals surface area contributed by atoms with Crippen LogP contribution in [0.2, 0.25) is 0 Å². The summed E-state index contributed by atoms with van der Waals surface area (Å²) >= 11 is 0. The summed E-state index contributed by atoms with van der Waals surface area (Å²) in [7, 11) is 0. The maximum atomic E-state index is 13.1. The van der Waals surface area contributed by atoms with Gasteiger partial charge in [0.2, 0.25) is 0 Å². The maximum absolute atomic E-state index is 13.1. The predicted molar refractivity (Wildman–Crippen MR) is 106 cm³/mol. The molecule has 0 aliphatic heterocycles. The number of anilines is 1. The number of alkyl halides is 3. The first-order chi connectivity index (χ1) is 14.8. The first kappa shape index (κ1) is 22.8. The van der Waals surface area contributed by atoms with E-state index >= 15 is 0 Å². The molecule has 10 heteroatoms. The van der Waals surface area contributed by atoms with Crippen LogP contribution in [0.3, 0.4) is 0 Å². The van der Waals surface area contributed by atoms with Gasteiger partial charge in [-0.15, -0.1) is 0 Å². The third kappa shape index (κ3) is 6.80. The molecule has 0 unspecified atom stereocenters. The number of esters is 1. The number of aromatic nitrogens is 3. The summed E-state index contributed by atoms with van der Waals surface area (Å²) in [6.45, 7) is -0.574. The van der Waals surface area contributed by atoms with E-state index in [4.69, 9.17) is 4.74 Å². The second-order valence-electron chi connectivity index (χ2n) is 7.67. The highest BCUT2D eigenvalue weighted by Gasteiger charge is 2.31. The fraction of sp³-hybridized carbons (Fsp3) is 0.524. The van der Waals surface area contributed by atoms with Crippen molar-refractivity contribution in [1.82, 2.24) is 14.8 Å². The lowest BCUT2D eigenvalue weighted by atomic mass is 9.86. The molecule has 1 heterocycles. The summed E-state index contributed by atoms with van der Waals surface area (Å²) < 4.78 is 45.4. The van der Waals surface area contributed by atoms with Crippen molar-refractivity contribution in [2.75, 3.05) is 11.9 Å². The Bertz CT molecular complexity index is 878. The molecule has 2 aromatic rings. The minimum absolute atomic E-state index is 0.112. The normalized spacial score (nSPS) is 14.9. The van der Waals surface area contributed by atoms with Gasteiger partial charge in [0, 0.05) is 6.42 Å². The van der Waals surface area contributed by atoms with Gasteiger partial charge in [0.1, 0.15) is 12.7 Å². The number of amides is 1. The number of carbonyl (C=O) groups is 2. The second-order valence-corrected chi connectivity index (χ2v) is 7.67. The molecular formula is C21H25F3N4O3. The molecule has 0 saturated heterocycles. The van der Waals surface area contributed by atoms with Crippen LogP contribution in [0.4, 0.5) is 18.9 Å². The molecule has 1 aliphatic rings. The molecule has 1 fully saturated rings. The molecule has 1 N–H and O–H groups in total. The quantitative estimate of drug-likeness (QED) is 0.613. The molecule has 168 valence electrons. The van der Waals surface area contributed by atoms with E-state index in [2.05, 4.69) is 15.4 Å². The number of nitrogens with one attached hydrogen (secondary N) is 1. The Morgan fingerprint density at radius 1 is 1.19 bits per heavy atom. The molecule has 0 atom stereocenters. The number of nitrogens with zero attached hydrogens (tertiary/aromatic N) is 3. The minimum atomic E-state index is -4.58. The Labute approximate surface area is 178 Å². The van der Waals surface area contributed by atoms with Gasteiger partial charge in [0.25, 0.3) is 5.91 Å². The summed E-state index contributed by atoms with van der Waals surface area (Å²) in [6.07, 6.45) is 5.97. The zero-order valence-electron chi connectivity index (χ0n) is 17.0. The molecule has 1 aromatic carbocycles. The second kappa shape index (κ2) is 10.4. The van der Waals surface area contributed by atoms with Gasteiger partial charge in [0.05, 0.1) is 16.9 Å². The number of ether oxygens (including phenoxy) is 1. The van der Waals surface area contributed by atoms with E-state index in [9.17, 15) is 22.8 Å². The van der Waals surface area contributed by atoms with Crippen molar-refractivity contribution in [2.45, 2.75) is 57.5 Å². The molecule has 0 spiro atoms. The van der Waals surface area contributed by atoms with Crippen LogP contribution in [0.5, 0.6) is 0 Å². The molecule has 1 aliphatic carbocycles. The third-order valence-corrected chi connectivity index (χ3v) is 5.35. The van der Waals surface area contributed by atoms with Gasteiger partial charge in [-0.2, -0.15) is 18.3 Å². The number of benzene rings is 1. The zero-order valence-corrected chi connectivity index (χ0v) is 17.0.